The highest BCUT2D eigenvalue weighted by Crippen LogP contribution is 2.50. The van der Waals surface area contributed by atoms with Gasteiger partial charge in [0, 0.05) is 30.9 Å². The first-order chi connectivity index (χ1) is 26.8. The Morgan fingerprint density at radius 3 is 1.41 bits per heavy atom. The molecule has 2 heteroatoms. The third-order valence-electron chi connectivity index (χ3n) is 11.5. The normalized spacial score (nSPS) is 12.1. The van der Waals surface area contributed by atoms with Gasteiger partial charge in [-0.1, -0.05) is 164 Å². The van der Waals surface area contributed by atoms with Gasteiger partial charge in [-0.05, 0) is 94.7 Å². The lowest BCUT2D eigenvalue weighted by Crippen LogP contribution is -1.91. The molecular formula is C52H30S2. The van der Waals surface area contributed by atoms with Gasteiger partial charge in [0.25, 0.3) is 0 Å². The van der Waals surface area contributed by atoms with E-state index in [0.717, 1.165) is 0 Å². The van der Waals surface area contributed by atoms with E-state index in [1.165, 1.54) is 117 Å². The second-order valence-corrected chi connectivity index (χ2v) is 16.4. The summed E-state index contributed by atoms with van der Waals surface area (Å²) in [6.45, 7) is 0. The van der Waals surface area contributed by atoms with Gasteiger partial charge >= 0.3 is 0 Å². The maximum absolute atomic E-state index is 2.43. The molecule has 250 valence electrons. The van der Waals surface area contributed by atoms with Crippen LogP contribution in [0, 0.1) is 0 Å². The Bertz CT molecular complexity index is 3430. The number of hydrogen-bond acceptors (Lipinski definition) is 2. The molecule has 0 atom stereocenters. The minimum Gasteiger partial charge on any atom is -0.134 e. The molecular weight excluding hydrogens is 689 g/mol. The maximum Gasteiger partial charge on any atom is 0.0540 e. The summed E-state index contributed by atoms with van der Waals surface area (Å²) in [6.07, 6.45) is 0. The zero-order valence-corrected chi connectivity index (χ0v) is 30.8. The molecule has 0 unspecified atom stereocenters. The van der Waals surface area contributed by atoms with Gasteiger partial charge in [-0.3, -0.25) is 0 Å². The van der Waals surface area contributed by atoms with Gasteiger partial charge in [0.05, 0.1) is 9.40 Å². The second kappa shape index (κ2) is 11.6. The van der Waals surface area contributed by atoms with Crippen molar-refractivity contribution in [1.82, 2.24) is 0 Å². The van der Waals surface area contributed by atoms with Crippen LogP contribution in [0.5, 0.6) is 0 Å². The van der Waals surface area contributed by atoms with Gasteiger partial charge in [0.2, 0.25) is 0 Å². The molecule has 0 N–H and O–H groups in total. The standard InChI is InChI=1S/C52H30S2/c1-2-14-35-32(12-1)13-11-22-36(35)48-39-17-5-3-15-37(39)47(38-16-4-6-18-40(38)48)33-26-24-31(25-27-33)34-28-29-46-44(30-34)50-42-20-8-7-19-41(42)49-43-21-9-10-23-45(43)53-51(49)52(50)54-46/h1-30H. The summed E-state index contributed by atoms with van der Waals surface area (Å²) in [5.41, 5.74) is 7.57. The Balaban J connectivity index is 1.04. The molecule has 10 aromatic carbocycles. The predicted octanol–water partition coefficient (Wildman–Crippen LogP) is 16.0. The summed E-state index contributed by atoms with van der Waals surface area (Å²) in [5, 5.41) is 15.8. The van der Waals surface area contributed by atoms with E-state index in [4.69, 9.17) is 0 Å². The van der Waals surface area contributed by atoms with Gasteiger partial charge in [0.15, 0.2) is 0 Å². The van der Waals surface area contributed by atoms with E-state index in [-0.39, 0.29) is 0 Å². The number of fused-ring (bicyclic) bond motifs is 13. The topological polar surface area (TPSA) is 0 Å². The molecule has 0 spiro atoms. The van der Waals surface area contributed by atoms with Gasteiger partial charge in [0.1, 0.15) is 0 Å². The van der Waals surface area contributed by atoms with E-state index >= 15 is 0 Å². The van der Waals surface area contributed by atoms with Crippen LogP contribution < -0.4 is 0 Å². The predicted molar refractivity (Wildman–Crippen MR) is 239 cm³/mol. The number of rotatable bonds is 3. The van der Waals surface area contributed by atoms with Crippen molar-refractivity contribution < 1.29 is 0 Å². The SMILES string of the molecule is c1ccc2c(-c3c4ccccc4c(-c4ccc(-c5ccc6sc7c8sc9ccccc9c8c8ccccc8c7c6c5)cc4)c4ccccc34)cccc2c1. The van der Waals surface area contributed by atoms with Crippen LogP contribution in [0.15, 0.2) is 182 Å². The third kappa shape index (κ3) is 4.30. The first-order valence-corrected chi connectivity index (χ1v) is 20.1. The quantitative estimate of drug-likeness (QED) is 0.160. The zero-order chi connectivity index (χ0) is 35.3. The van der Waals surface area contributed by atoms with Gasteiger partial charge in [-0.25, -0.2) is 0 Å². The van der Waals surface area contributed by atoms with Crippen LogP contribution in [0.2, 0.25) is 0 Å². The Morgan fingerprint density at radius 1 is 0.278 bits per heavy atom. The molecule has 0 aliphatic heterocycles. The lowest BCUT2D eigenvalue weighted by molar-refractivity contribution is 1.64. The van der Waals surface area contributed by atoms with Crippen LogP contribution in [0.1, 0.15) is 0 Å². The Morgan fingerprint density at radius 2 is 0.741 bits per heavy atom. The first kappa shape index (κ1) is 30.2. The van der Waals surface area contributed by atoms with Crippen molar-refractivity contribution in [1.29, 1.82) is 0 Å². The fraction of sp³-hybridized carbons (Fsp3) is 0. The maximum atomic E-state index is 2.43. The largest absolute Gasteiger partial charge is 0.134 e. The molecule has 2 heterocycles. The molecule has 12 rings (SSSR count). The summed E-state index contributed by atoms with van der Waals surface area (Å²) in [7, 11) is 0. The van der Waals surface area contributed by atoms with Crippen molar-refractivity contribution in [2.75, 3.05) is 0 Å². The fourth-order valence-electron chi connectivity index (χ4n) is 9.10. The monoisotopic (exact) mass is 718 g/mol. The van der Waals surface area contributed by atoms with Crippen molar-refractivity contribution in [2.45, 2.75) is 0 Å². The van der Waals surface area contributed by atoms with Crippen molar-refractivity contribution in [2.24, 2.45) is 0 Å². The molecule has 0 bridgehead atoms. The van der Waals surface area contributed by atoms with Crippen LogP contribution in [-0.4, -0.2) is 0 Å². The fourth-order valence-corrected chi connectivity index (χ4v) is 11.7. The van der Waals surface area contributed by atoms with Crippen molar-refractivity contribution in [3.05, 3.63) is 182 Å². The lowest BCUT2D eigenvalue weighted by atomic mass is 9.84. The van der Waals surface area contributed by atoms with Crippen LogP contribution >= 0.6 is 22.7 Å². The molecule has 54 heavy (non-hydrogen) atoms. The average molecular weight is 719 g/mol. The van der Waals surface area contributed by atoms with Crippen molar-refractivity contribution in [3.8, 4) is 33.4 Å². The minimum absolute atomic E-state index is 1.23. The number of thiophene rings is 2. The molecule has 0 fully saturated rings. The Labute approximate surface area is 319 Å². The number of hydrogen-bond donors (Lipinski definition) is 0. The van der Waals surface area contributed by atoms with Crippen LogP contribution in [0.4, 0.5) is 0 Å². The molecule has 0 nitrogen and oxygen atoms in total. The Kier molecular flexibility index (Phi) is 6.48. The third-order valence-corrected chi connectivity index (χ3v) is 14.0. The summed E-state index contributed by atoms with van der Waals surface area (Å²) in [6, 6.07) is 67.6. The minimum atomic E-state index is 1.23. The number of benzene rings is 10. The zero-order valence-electron chi connectivity index (χ0n) is 29.1. The highest BCUT2D eigenvalue weighted by molar-refractivity contribution is 7.33. The molecule has 0 saturated carbocycles. The highest BCUT2D eigenvalue weighted by atomic mass is 32.1. The van der Waals surface area contributed by atoms with E-state index < -0.39 is 0 Å². The van der Waals surface area contributed by atoms with E-state index in [2.05, 4.69) is 182 Å². The van der Waals surface area contributed by atoms with Crippen molar-refractivity contribution >= 4 is 106 Å². The summed E-state index contributed by atoms with van der Waals surface area (Å²) in [5.74, 6) is 0. The van der Waals surface area contributed by atoms with E-state index in [9.17, 15) is 0 Å². The van der Waals surface area contributed by atoms with Gasteiger partial charge < -0.3 is 0 Å². The molecule has 0 saturated heterocycles. The first-order valence-electron chi connectivity index (χ1n) is 18.5. The van der Waals surface area contributed by atoms with E-state index in [1.807, 2.05) is 22.7 Å². The van der Waals surface area contributed by atoms with Crippen molar-refractivity contribution in [3.63, 3.8) is 0 Å². The smallest absolute Gasteiger partial charge is 0.0540 e. The second-order valence-electron chi connectivity index (χ2n) is 14.3. The summed E-state index contributed by atoms with van der Waals surface area (Å²) >= 11 is 3.87. The lowest BCUT2D eigenvalue weighted by Gasteiger charge is -2.19. The van der Waals surface area contributed by atoms with E-state index in [1.54, 1.807) is 0 Å². The highest BCUT2D eigenvalue weighted by Gasteiger charge is 2.20. The molecule has 0 radical (unpaired) electrons. The van der Waals surface area contributed by atoms with Gasteiger partial charge in [-0.2, -0.15) is 0 Å². The molecule has 12 aromatic rings. The summed E-state index contributed by atoms with van der Waals surface area (Å²) < 4.78 is 5.50. The Hall–Kier alpha value is -6.32. The van der Waals surface area contributed by atoms with Crippen LogP contribution in [-0.2, 0) is 0 Å². The van der Waals surface area contributed by atoms with Crippen LogP contribution in [0.25, 0.3) is 117 Å². The molecule has 0 amide bonds. The molecule has 2 aromatic heterocycles. The molecule has 0 aliphatic rings. The van der Waals surface area contributed by atoms with E-state index in [0.29, 0.717) is 0 Å². The van der Waals surface area contributed by atoms with Crippen LogP contribution in [0.3, 0.4) is 0 Å². The average Bonchev–Trinajstić information content (AvgIpc) is 3.82. The molecule has 0 aliphatic carbocycles. The van der Waals surface area contributed by atoms with Gasteiger partial charge in [-0.15, -0.1) is 22.7 Å². The summed E-state index contributed by atoms with van der Waals surface area (Å²) in [4.78, 5) is 0.